The molecular weight excluding hydrogens is 242 g/mol. The number of hydrogen-bond donors (Lipinski definition) is 3. The third-order valence-electron chi connectivity index (χ3n) is 3.20. The second-order valence-corrected chi connectivity index (χ2v) is 4.91. The van der Waals surface area contributed by atoms with Gasteiger partial charge in [0.15, 0.2) is 0 Å². The topological polar surface area (TPSA) is 99.7 Å². The summed E-state index contributed by atoms with van der Waals surface area (Å²) >= 11 is 0. The number of hydrazine groups is 1. The summed E-state index contributed by atoms with van der Waals surface area (Å²) in [5, 5.41) is 8.64. The number of nitrogens with two attached hydrogens (primary N) is 2. The second-order valence-electron chi connectivity index (χ2n) is 4.91. The van der Waals surface area contributed by atoms with Gasteiger partial charge in [0.05, 0.1) is 17.9 Å². The van der Waals surface area contributed by atoms with Gasteiger partial charge in [0.25, 0.3) is 0 Å². The molecule has 0 fully saturated rings. The van der Waals surface area contributed by atoms with Crippen LogP contribution in [0, 0.1) is 0 Å². The number of nitrogens with one attached hydrogen (secondary N) is 1. The number of nitrogens with zero attached hydrogens (tertiary/aromatic N) is 4. The molecule has 0 spiro atoms. The van der Waals surface area contributed by atoms with Gasteiger partial charge in [0.1, 0.15) is 5.82 Å². The average Bonchev–Trinajstić information content (AvgIpc) is 2.96. The molecule has 1 unspecified atom stereocenters. The zero-order valence-electron chi connectivity index (χ0n) is 11.5. The summed E-state index contributed by atoms with van der Waals surface area (Å²) in [7, 11) is 1.81. The number of aryl methyl sites for hydroxylation is 1. The average molecular weight is 263 g/mol. The van der Waals surface area contributed by atoms with E-state index in [-0.39, 0.29) is 6.04 Å². The minimum absolute atomic E-state index is 0.0933. The fourth-order valence-electron chi connectivity index (χ4n) is 1.97. The van der Waals surface area contributed by atoms with Gasteiger partial charge in [-0.2, -0.15) is 10.2 Å². The minimum Gasteiger partial charge on any atom is -0.384 e. The summed E-state index contributed by atoms with van der Waals surface area (Å²) in [6, 6.07) is 2.25. The van der Waals surface area contributed by atoms with E-state index in [9.17, 15) is 0 Å². The fourth-order valence-corrected chi connectivity index (χ4v) is 1.97. The van der Waals surface area contributed by atoms with Crippen LogP contribution in [0.2, 0.25) is 0 Å². The first-order valence-electron chi connectivity index (χ1n) is 6.30. The van der Waals surface area contributed by atoms with Crippen molar-refractivity contribution in [3.05, 3.63) is 29.7 Å². The molecule has 0 bridgehead atoms. The third kappa shape index (κ3) is 2.77. The van der Waals surface area contributed by atoms with Gasteiger partial charge in [0.2, 0.25) is 0 Å². The Bertz CT molecular complexity index is 540. The van der Waals surface area contributed by atoms with Crippen LogP contribution in [0.25, 0.3) is 0 Å². The maximum atomic E-state index is 5.97. The Hall–Kier alpha value is -1.86. The molecule has 0 radical (unpaired) electrons. The van der Waals surface area contributed by atoms with Crippen LogP contribution in [0.15, 0.2) is 18.5 Å². The van der Waals surface area contributed by atoms with E-state index < -0.39 is 0 Å². The summed E-state index contributed by atoms with van der Waals surface area (Å²) in [6.45, 7) is 4.18. The maximum absolute atomic E-state index is 5.97. The van der Waals surface area contributed by atoms with Crippen molar-refractivity contribution in [1.29, 1.82) is 0 Å². The molecular formula is C12H21N7. The number of hydrogen-bond acceptors (Lipinski definition) is 5. The monoisotopic (exact) mass is 263 g/mol. The van der Waals surface area contributed by atoms with Gasteiger partial charge in [-0.3, -0.25) is 20.6 Å². The Balaban J connectivity index is 2.17. The zero-order chi connectivity index (χ0) is 14.0. The Morgan fingerprint density at radius 3 is 2.63 bits per heavy atom. The van der Waals surface area contributed by atoms with Crippen molar-refractivity contribution in [2.75, 3.05) is 5.73 Å². The quantitative estimate of drug-likeness (QED) is 0.539. The maximum Gasteiger partial charge on any atom is 0.126 e. The Morgan fingerprint density at radius 2 is 2.16 bits per heavy atom. The lowest BCUT2D eigenvalue weighted by Gasteiger charge is -2.14. The second kappa shape index (κ2) is 5.41. The van der Waals surface area contributed by atoms with Crippen LogP contribution in [0.4, 0.5) is 5.82 Å². The summed E-state index contributed by atoms with van der Waals surface area (Å²) in [4.78, 5) is 0. The van der Waals surface area contributed by atoms with Crippen molar-refractivity contribution >= 4 is 5.82 Å². The fraction of sp³-hybridized carbons (Fsp3) is 0.500. The highest BCUT2D eigenvalue weighted by Crippen LogP contribution is 2.22. The molecule has 0 saturated carbocycles. The van der Waals surface area contributed by atoms with Crippen molar-refractivity contribution in [3.8, 4) is 0 Å². The predicted molar refractivity (Wildman–Crippen MR) is 74.0 cm³/mol. The van der Waals surface area contributed by atoms with Gasteiger partial charge in [-0.25, -0.2) is 0 Å². The third-order valence-corrected chi connectivity index (χ3v) is 3.20. The van der Waals surface area contributed by atoms with Gasteiger partial charge in [-0.15, -0.1) is 0 Å². The predicted octanol–water partition coefficient (Wildman–Crippen LogP) is 0.527. The lowest BCUT2D eigenvalue weighted by atomic mass is 10.1. The van der Waals surface area contributed by atoms with Crippen LogP contribution in [0.3, 0.4) is 0 Å². The molecule has 2 aromatic rings. The first-order chi connectivity index (χ1) is 9.02. The van der Waals surface area contributed by atoms with Crippen LogP contribution < -0.4 is 17.0 Å². The lowest BCUT2D eigenvalue weighted by molar-refractivity contribution is 0.507. The molecule has 0 aliphatic heterocycles. The Kier molecular flexibility index (Phi) is 3.87. The summed E-state index contributed by atoms with van der Waals surface area (Å²) in [6.07, 6.45) is 4.38. The largest absolute Gasteiger partial charge is 0.384 e. The molecule has 2 aromatic heterocycles. The van der Waals surface area contributed by atoms with Gasteiger partial charge in [-0.05, 0) is 19.9 Å². The lowest BCUT2D eigenvalue weighted by Crippen LogP contribution is -2.30. The van der Waals surface area contributed by atoms with E-state index in [0.717, 1.165) is 11.3 Å². The highest BCUT2D eigenvalue weighted by atomic mass is 15.3. The molecule has 0 aromatic carbocycles. The van der Waals surface area contributed by atoms with Crippen LogP contribution >= 0.6 is 0 Å². The molecule has 7 nitrogen and oxygen atoms in total. The van der Waals surface area contributed by atoms with E-state index in [0.29, 0.717) is 18.3 Å². The molecule has 5 N–H and O–H groups in total. The van der Waals surface area contributed by atoms with Crippen LogP contribution in [-0.2, 0) is 13.5 Å². The van der Waals surface area contributed by atoms with Crippen molar-refractivity contribution in [2.45, 2.75) is 32.4 Å². The van der Waals surface area contributed by atoms with E-state index in [2.05, 4.69) is 29.5 Å². The molecule has 19 heavy (non-hydrogen) atoms. The first-order valence-corrected chi connectivity index (χ1v) is 6.30. The van der Waals surface area contributed by atoms with Gasteiger partial charge in [0, 0.05) is 31.3 Å². The van der Waals surface area contributed by atoms with Gasteiger partial charge < -0.3 is 5.73 Å². The molecule has 7 heteroatoms. The zero-order valence-corrected chi connectivity index (χ0v) is 11.5. The number of anilines is 1. The van der Waals surface area contributed by atoms with Gasteiger partial charge >= 0.3 is 0 Å². The molecule has 104 valence electrons. The Labute approximate surface area is 112 Å². The standard InChI is InChI=1S/C12H21N7/c1-8(2)19-5-4-9(17-19)6-11(16-14)10-7-15-18(3)12(10)13/h4-5,7-8,11,16H,6,13-14H2,1-3H3. The van der Waals surface area contributed by atoms with Crippen molar-refractivity contribution in [2.24, 2.45) is 12.9 Å². The number of rotatable bonds is 5. The van der Waals surface area contributed by atoms with Crippen LogP contribution in [0.5, 0.6) is 0 Å². The summed E-state index contributed by atoms with van der Waals surface area (Å²) in [5.41, 5.74) is 10.6. The van der Waals surface area contributed by atoms with E-state index in [1.165, 1.54) is 0 Å². The molecule has 2 rings (SSSR count). The summed E-state index contributed by atoms with van der Waals surface area (Å²) in [5.74, 6) is 6.24. The Morgan fingerprint density at radius 1 is 1.42 bits per heavy atom. The highest BCUT2D eigenvalue weighted by molar-refractivity contribution is 5.41. The molecule has 1 atom stereocenters. The number of nitrogen functional groups attached to an aromatic ring is 1. The van der Waals surface area contributed by atoms with Crippen LogP contribution in [-0.4, -0.2) is 19.6 Å². The van der Waals surface area contributed by atoms with E-state index in [4.69, 9.17) is 11.6 Å². The molecule has 0 amide bonds. The van der Waals surface area contributed by atoms with Crippen molar-refractivity contribution in [3.63, 3.8) is 0 Å². The minimum atomic E-state index is -0.0933. The number of aromatic nitrogens is 4. The normalized spacial score (nSPS) is 13.1. The molecule has 2 heterocycles. The molecule has 0 aliphatic rings. The molecule has 0 saturated heterocycles. The van der Waals surface area contributed by atoms with E-state index in [1.54, 1.807) is 17.9 Å². The van der Waals surface area contributed by atoms with E-state index >= 15 is 0 Å². The van der Waals surface area contributed by atoms with Gasteiger partial charge in [-0.1, -0.05) is 0 Å². The SMILES string of the molecule is CC(C)n1ccc(CC(NN)c2cnn(C)c2N)n1. The first kappa shape index (κ1) is 13.6. The molecule has 0 aliphatic carbocycles. The van der Waals surface area contributed by atoms with E-state index in [1.807, 2.05) is 16.9 Å². The van der Waals surface area contributed by atoms with Crippen molar-refractivity contribution < 1.29 is 0 Å². The summed E-state index contributed by atoms with van der Waals surface area (Å²) < 4.78 is 3.56. The smallest absolute Gasteiger partial charge is 0.126 e. The van der Waals surface area contributed by atoms with Crippen LogP contribution in [0.1, 0.15) is 37.2 Å². The highest BCUT2D eigenvalue weighted by Gasteiger charge is 2.18. The van der Waals surface area contributed by atoms with Crippen molar-refractivity contribution in [1.82, 2.24) is 25.0 Å².